The van der Waals surface area contributed by atoms with E-state index in [1.165, 1.54) is 26.0 Å². The van der Waals surface area contributed by atoms with Crippen molar-refractivity contribution in [2.24, 2.45) is 0 Å². The number of carbonyl (C=O) groups excluding carboxylic acids is 3. The number of Topliss-reactive ketones (excluding diaryl/α,β-unsaturated/α-hetero) is 1. The molecule has 0 aliphatic carbocycles. The molecule has 0 heterocycles. The summed E-state index contributed by atoms with van der Waals surface area (Å²) in [7, 11) is 0. The van der Waals surface area contributed by atoms with Crippen LogP contribution in [0, 0.1) is 0 Å². The van der Waals surface area contributed by atoms with Crippen LogP contribution < -0.4 is 4.74 Å². The summed E-state index contributed by atoms with van der Waals surface area (Å²) in [6.45, 7) is 6.17. The zero-order chi connectivity index (χ0) is 15.8. The lowest BCUT2D eigenvalue weighted by atomic mass is 10.1. The maximum absolute atomic E-state index is 11.3. The fourth-order valence-corrected chi connectivity index (χ4v) is 1.27. The van der Waals surface area contributed by atoms with Crippen LogP contribution in [-0.4, -0.2) is 31.1 Å². The summed E-state index contributed by atoms with van der Waals surface area (Å²) in [6.07, 6.45) is -0.919. The molecule has 0 atom stereocenters. The van der Waals surface area contributed by atoms with Gasteiger partial charge in [0.05, 0.1) is 0 Å². The van der Waals surface area contributed by atoms with Crippen molar-refractivity contribution in [3.05, 3.63) is 42.0 Å². The second-order valence-corrected chi connectivity index (χ2v) is 4.20. The van der Waals surface area contributed by atoms with Gasteiger partial charge in [-0.2, -0.15) is 0 Å². The number of ketones is 1. The Kier molecular flexibility index (Phi) is 6.13. The molecule has 0 fully saturated rings. The fraction of sp³-hybridized carbons (Fsp3) is 0.267. The average molecular weight is 292 g/mol. The van der Waals surface area contributed by atoms with E-state index >= 15 is 0 Å². The van der Waals surface area contributed by atoms with E-state index in [4.69, 9.17) is 14.2 Å². The van der Waals surface area contributed by atoms with Crippen molar-refractivity contribution < 1.29 is 28.6 Å². The Hall–Kier alpha value is -2.63. The normalized spacial score (nSPS) is 9.62. The maximum Gasteiger partial charge on any atom is 0.513 e. The molecule has 112 valence electrons. The Morgan fingerprint density at radius 3 is 2.10 bits per heavy atom. The molecule has 0 N–H and O–H groups in total. The lowest BCUT2D eigenvalue weighted by Crippen LogP contribution is -2.16. The van der Waals surface area contributed by atoms with E-state index in [2.05, 4.69) is 6.58 Å². The minimum absolute atomic E-state index is 0.0793. The molecule has 0 aliphatic heterocycles. The molecule has 0 unspecified atom stereocenters. The third-order valence-corrected chi connectivity index (χ3v) is 2.35. The quantitative estimate of drug-likeness (QED) is 0.263. The first kappa shape index (κ1) is 16.4. The van der Waals surface area contributed by atoms with Gasteiger partial charge >= 0.3 is 12.1 Å². The molecule has 0 amide bonds. The second kappa shape index (κ2) is 7.84. The molecule has 0 aromatic heterocycles. The highest BCUT2D eigenvalue weighted by atomic mass is 16.7. The second-order valence-electron chi connectivity index (χ2n) is 4.20. The van der Waals surface area contributed by atoms with Crippen molar-refractivity contribution in [3.8, 4) is 5.75 Å². The van der Waals surface area contributed by atoms with E-state index in [1.54, 1.807) is 12.1 Å². The standard InChI is InChI=1S/C15H16O6/c1-10(2)14(17)19-8-9-20-15(18)21-13-6-4-12(5-7-13)11(3)16/h4-7H,1,8-9H2,2-3H3. The van der Waals surface area contributed by atoms with Gasteiger partial charge in [-0.05, 0) is 38.1 Å². The maximum atomic E-state index is 11.3. The summed E-state index contributed by atoms with van der Waals surface area (Å²) in [5.41, 5.74) is 0.783. The largest absolute Gasteiger partial charge is 0.513 e. The molecule has 6 nitrogen and oxygen atoms in total. The van der Waals surface area contributed by atoms with Crippen LogP contribution in [0.25, 0.3) is 0 Å². The molecule has 0 spiro atoms. The van der Waals surface area contributed by atoms with E-state index in [-0.39, 0.29) is 30.3 Å². The van der Waals surface area contributed by atoms with Gasteiger partial charge in [-0.1, -0.05) is 6.58 Å². The smallest absolute Gasteiger partial charge is 0.459 e. The average Bonchev–Trinajstić information content (AvgIpc) is 2.43. The molecule has 0 radical (unpaired) electrons. The highest BCUT2D eigenvalue weighted by Crippen LogP contribution is 2.13. The zero-order valence-corrected chi connectivity index (χ0v) is 11.9. The Morgan fingerprint density at radius 1 is 1.00 bits per heavy atom. The molecule has 0 saturated carbocycles. The lowest BCUT2D eigenvalue weighted by Gasteiger charge is -2.07. The molecule has 1 aromatic rings. The Morgan fingerprint density at radius 2 is 1.57 bits per heavy atom. The minimum atomic E-state index is -0.919. The van der Waals surface area contributed by atoms with Crippen LogP contribution in [0.5, 0.6) is 5.75 Å². The van der Waals surface area contributed by atoms with Crippen LogP contribution in [0.2, 0.25) is 0 Å². The van der Waals surface area contributed by atoms with E-state index in [9.17, 15) is 14.4 Å². The van der Waals surface area contributed by atoms with Crippen molar-refractivity contribution in [2.75, 3.05) is 13.2 Å². The summed E-state index contributed by atoms with van der Waals surface area (Å²) in [5.74, 6) is -0.376. The first-order valence-electron chi connectivity index (χ1n) is 6.18. The molecule has 21 heavy (non-hydrogen) atoms. The van der Waals surface area contributed by atoms with Crippen LogP contribution in [0.1, 0.15) is 24.2 Å². The predicted molar refractivity (Wildman–Crippen MR) is 74.2 cm³/mol. The van der Waals surface area contributed by atoms with Gasteiger partial charge in [-0.3, -0.25) is 4.79 Å². The SMILES string of the molecule is C=C(C)C(=O)OCCOC(=O)Oc1ccc(C(C)=O)cc1. The number of esters is 1. The van der Waals surface area contributed by atoms with Crippen molar-refractivity contribution >= 4 is 17.9 Å². The number of carbonyl (C=O) groups is 3. The summed E-state index contributed by atoms with van der Waals surface area (Å²) in [4.78, 5) is 33.5. The number of benzene rings is 1. The van der Waals surface area contributed by atoms with Gasteiger partial charge in [0, 0.05) is 11.1 Å². The van der Waals surface area contributed by atoms with Gasteiger partial charge in [0.2, 0.25) is 0 Å². The summed E-state index contributed by atoms with van der Waals surface area (Å²) in [5, 5.41) is 0. The highest BCUT2D eigenvalue weighted by Gasteiger charge is 2.08. The molecular formula is C15H16O6. The van der Waals surface area contributed by atoms with Gasteiger partial charge in [-0.25, -0.2) is 9.59 Å². The minimum Gasteiger partial charge on any atom is -0.459 e. The number of ether oxygens (including phenoxy) is 3. The molecule has 6 heteroatoms. The monoisotopic (exact) mass is 292 g/mol. The first-order chi connectivity index (χ1) is 9.90. The van der Waals surface area contributed by atoms with Crippen molar-refractivity contribution in [1.29, 1.82) is 0 Å². The van der Waals surface area contributed by atoms with E-state index in [0.717, 1.165) is 0 Å². The molecule has 0 aliphatic rings. The van der Waals surface area contributed by atoms with Crippen LogP contribution in [-0.2, 0) is 14.3 Å². The van der Waals surface area contributed by atoms with Gasteiger partial charge in [0.1, 0.15) is 19.0 Å². The van der Waals surface area contributed by atoms with Crippen LogP contribution in [0.15, 0.2) is 36.4 Å². The number of hydrogen-bond acceptors (Lipinski definition) is 6. The molecular weight excluding hydrogens is 276 g/mol. The summed E-state index contributed by atoms with van der Waals surface area (Å²) < 4.78 is 14.3. The molecule has 1 rings (SSSR count). The van der Waals surface area contributed by atoms with Gasteiger partial charge in [0.15, 0.2) is 5.78 Å². The summed E-state index contributed by atoms with van der Waals surface area (Å²) in [6, 6.07) is 6.05. The van der Waals surface area contributed by atoms with Gasteiger partial charge in [-0.15, -0.1) is 0 Å². The lowest BCUT2D eigenvalue weighted by molar-refractivity contribution is -0.140. The van der Waals surface area contributed by atoms with Crippen LogP contribution in [0.4, 0.5) is 4.79 Å². The van der Waals surface area contributed by atoms with E-state index in [0.29, 0.717) is 5.56 Å². The van der Waals surface area contributed by atoms with Crippen LogP contribution in [0.3, 0.4) is 0 Å². The third-order valence-electron chi connectivity index (χ3n) is 2.35. The first-order valence-corrected chi connectivity index (χ1v) is 6.18. The molecule has 1 aromatic carbocycles. The number of rotatable bonds is 6. The van der Waals surface area contributed by atoms with Gasteiger partial charge in [0.25, 0.3) is 0 Å². The third kappa shape index (κ3) is 5.90. The highest BCUT2D eigenvalue weighted by molar-refractivity contribution is 5.94. The zero-order valence-electron chi connectivity index (χ0n) is 11.9. The topological polar surface area (TPSA) is 78.9 Å². The fourth-order valence-electron chi connectivity index (χ4n) is 1.27. The molecule has 0 saturated heterocycles. The van der Waals surface area contributed by atoms with Crippen molar-refractivity contribution in [3.63, 3.8) is 0 Å². The van der Waals surface area contributed by atoms with Crippen LogP contribution >= 0.6 is 0 Å². The van der Waals surface area contributed by atoms with Crippen molar-refractivity contribution in [2.45, 2.75) is 13.8 Å². The summed E-state index contributed by atoms with van der Waals surface area (Å²) >= 11 is 0. The predicted octanol–water partition coefficient (Wildman–Crippen LogP) is 2.52. The number of hydrogen-bond donors (Lipinski definition) is 0. The Balaban J connectivity index is 2.32. The molecule has 0 bridgehead atoms. The Labute approximate surface area is 122 Å². The van der Waals surface area contributed by atoms with E-state index < -0.39 is 12.1 Å². The van der Waals surface area contributed by atoms with Gasteiger partial charge < -0.3 is 14.2 Å². The van der Waals surface area contributed by atoms with Crippen molar-refractivity contribution in [1.82, 2.24) is 0 Å². The van der Waals surface area contributed by atoms with E-state index in [1.807, 2.05) is 0 Å². The Bertz CT molecular complexity index is 544.